The number of furan rings is 1. The standard InChI is InChI=1S/C20H19NO4S/c1-11-7-8-13-16(9-11)26-19(17(13)20(23)24-2)21-18(22)15-10-12-5-3-4-6-14(12)25-15/h3-6,10-11H,7-9H2,1-2H3,(H,21,22)/t11-/m1/s1. The van der Waals surface area contributed by atoms with Crippen LogP contribution in [0.1, 0.15) is 44.7 Å². The monoisotopic (exact) mass is 369 g/mol. The number of hydrogen-bond donors (Lipinski definition) is 1. The highest BCUT2D eigenvalue weighted by atomic mass is 32.1. The Morgan fingerprint density at radius 1 is 1.31 bits per heavy atom. The Balaban J connectivity index is 1.68. The van der Waals surface area contributed by atoms with Gasteiger partial charge in [0.15, 0.2) is 5.76 Å². The van der Waals surface area contributed by atoms with E-state index in [0.29, 0.717) is 22.1 Å². The molecule has 1 amide bonds. The van der Waals surface area contributed by atoms with Crippen LogP contribution in [0.25, 0.3) is 11.0 Å². The van der Waals surface area contributed by atoms with Crippen molar-refractivity contribution in [3.63, 3.8) is 0 Å². The van der Waals surface area contributed by atoms with Gasteiger partial charge < -0.3 is 14.5 Å². The fourth-order valence-electron chi connectivity index (χ4n) is 3.42. The summed E-state index contributed by atoms with van der Waals surface area (Å²) in [5, 5.41) is 4.27. The third-order valence-electron chi connectivity index (χ3n) is 4.78. The molecule has 0 radical (unpaired) electrons. The minimum Gasteiger partial charge on any atom is -0.465 e. The zero-order chi connectivity index (χ0) is 18.3. The number of esters is 1. The number of amides is 1. The minimum absolute atomic E-state index is 0.224. The highest BCUT2D eigenvalue weighted by molar-refractivity contribution is 7.17. The van der Waals surface area contributed by atoms with Crippen molar-refractivity contribution in [3.05, 3.63) is 52.1 Å². The van der Waals surface area contributed by atoms with E-state index in [9.17, 15) is 9.59 Å². The van der Waals surface area contributed by atoms with Gasteiger partial charge in [0, 0.05) is 10.3 Å². The summed E-state index contributed by atoms with van der Waals surface area (Å²) in [6.45, 7) is 2.20. The van der Waals surface area contributed by atoms with E-state index in [0.717, 1.165) is 35.1 Å². The van der Waals surface area contributed by atoms with Crippen molar-refractivity contribution in [1.29, 1.82) is 0 Å². The molecule has 5 nitrogen and oxygen atoms in total. The number of fused-ring (bicyclic) bond motifs is 2. The van der Waals surface area contributed by atoms with E-state index in [2.05, 4.69) is 12.2 Å². The van der Waals surface area contributed by atoms with Gasteiger partial charge in [0.1, 0.15) is 10.6 Å². The molecule has 0 bridgehead atoms. The zero-order valence-electron chi connectivity index (χ0n) is 14.6. The van der Waals surface area contributed by atoms with Gasteiger partial charge in [-0.2, -0.15) is 0 Å². The van der Waals surface area contributed by atoms with E-state index in [-0.39, 0.29) is 11.7 Å². The fraction of sp³-hybridized carbons (Fsp3) is 0.300. The Labute approximate surface area is 155 Å². The Hall–Kier alpha value is -2.60. The molecule has 0 aliphatic heterocycles. The lowest BCUT2D eigenvalue weighted by atomic mass is 9.88. The van der Waals surface area contributed by atoms with E-state index in [1.165, 1.54) is 18.4 Å². The van der Waals surface area contributed by atoms with Crippen LogP contribution in [-0.4, -0.2) is 19.0 Å². The second-order valence-electron chi connectivity index (χ2n) is 6.65. The van der Waals surface area contributed by atoms with E-state index in [1.54, 1.807) is 6.07 Å². The second-order valence-corrected chi connectivity index (χ2v) is 7.76. The van der Waals surface area contributed by atoms with Crippen molar-refractivity contribution in [3.8, 4) is 0 Å². The van der Waals surface area contributed by atoms with Crippen LogP contribution in [0.2, 0.25) is 0 Å². The summed E-state index contributed by atoms with van der Waals surface area (Å²) < 4.78 is 10.6. The molecule has 0 fully saturated rings. The maximum Gasteiger partial charge on any atom is 0.341 e. The summed E-state index contributed by atoms with van der Waals surface area (Å²) in [5.74, 6) is 0.0299. The van der Waals surface area contributed by atoms with Gasteiger partial charge >= 0.3 is 5.97 Å². The average molecular weight is 369 g/mol. The zero-order valence-corrected chi connectivity index (χ0v) is 15.4. The van der Waals surface area contributed by atoms with E-state index in [1.807, 2.05) is 24.3 Å². The Morgan fingerprint density at radius 3 is 2.88 bits per heavy atom. The summed E-state index contributed by atoms with van der Waals surface area (Å²) in [5.41, 5.74) is 2.16. The van der Waals surface area contributed by atoms with Crippen LogP contribution in [0.5, 0.6) is 0 Å². The van der Waals surface area contributed by atoms with Crippen LogP contribution in [0, 0.1) is 5.92 Å². The predicted molar refractivity (Wildman–Crippen MR) is 101 cm³/mol. The predicted octanol–water partition coefficient (Wildman–Crippen LogP) is 4.66. The van der Waals surface area contributed by atoms with Gasteiger partial charge in [0.05, 0.1) is 12.7 Å². The Kier molecular flexibility index (Phi) is 4.28. The number of anilines is 1. The molecule has 0 unspecified atom stereocenters. The van der Waals surface area contributed by atoms with E-state index in [4.69, 9.17) is 9.15 Å². The molecule has 2 aromatic heterocycles. The number of thiophene rings is 1. The highest BCUT2D eigenvalue weighted by Gasteiger charge is 2.29. The normalized spacial score (nSPS) is 16.3. The summed E-state index contributed by atoms with van der Waals surface area (Å²) in [6, 6.07) is 9.16. The largest absolute Gasteiger partial charge is 0.465 e. The number of methoxy groups -OCH3 is 1. The molecule has 4 rings (SSSR count). The molecule has 2 heterocycles. The van der Waals surface area contributed by atoms with Gasteiger partial charge in [-0.05, 0) is 42.9 Å². The lowest BCUT2D eigenvalue weighted by Crippen LogP contribution is -2.15. The molecule has 3 aromatic rings. The van der Waals surface area contributed by atoms with E-state index >= 15 is 0 Å². The van der Waals surface area contributed by atoms with Gasteiger partial charge in [-0.15, -0.1) is 11.3 Å². The summed E-state index contributed by atoms with van der Waals surface area (Å²) >= 11 is 1.46. The number of rotatable bonds is 3. The maximum atomic E-state index is 12.7. The molecule has 1 aliphatic rings. The van der Waals surface area contributed by atoms with Crippen LogP contribution in [0.3, 0.4) is 0 Å². The van der Waals surface area contributed by atoms with Gasteiger partial charge in [-0.3, -0.25) is 4.79 Å². The van der Waals surface area contributed by atoms with E-state index < -0.39 is 5.97 Å². The molecule has 0 spiro atoms. The highest BCUT2D eigenvalue weighted by Crippen LogP contribution is 2.40. The molecular formula is C20H19NO4S. The third-order valence-corrected chi connectivity index (χ3v) is 5.95. The number of hydrogen-bond acceptors (Lipinski definition) is 5. The van der Waals surface area contributed by atoms with Crippen LogP contribution in [-0.2, 0) is 17.6 Å². The molecule has 26 heavy (non-hydrogen) atoms. The number of carbonyl (C=O) groups excluding carboxylic acids is 2. The first-order valence-corrected chi connectivity index (χ1v) is 9.41. The molecule has 1 N–H and O–H groups in total. The van der Waals surface area contributed by atoms with Crippen molar-refractivity contribution in [2.24, 2.45) is 5.92 Å². The quantitative estimate of drug-likeness (QED) is 0.682. The fourth-order valence-corrected chi connectivity index (χ4v) is 4.81. The first-order valence-electron chi connectivity index (χ1n) is 8.59. The minimum atomic E-state index is -0.406. The summed E-state index contributed by atoms with van der Waals surface area (Å²) in [6.07, 6.45) is 2.78. The molecule has 1 aliphatic carbocycles. The Bertz CT molecular complexity index is 968. The van der Waals surface area contributed by atoms with Gasteiger partial charge in [-0.25, -0.2) is 4.79 Å². The number of carbonyl (C=O) groups is 2. The van der Waals surface area contributed by atoms with Crippen molar-refractivity contribution in [2.75, 3.05) is 12.4 Å². The number of ether oxygens (including phenoxy) is 1. The number of benzene rings is 1. The molecule has 6 heteroatoms. The van der Waals surface area contributed by atoms with Crippen LogP contribution in [0.4, 0.5) is 5.00 Å². The van der Waals surface area contributed by atoms with Crippen LogP contribution < -0.4 is 5.32 Å². The molecule has 1 aromatic carbocycles. The SMILES string of the molecule is COC(=O)c1c(NC(=O)c2cc3ccccc3o2)sc2c1CC[C@@H](C)C2. The number of para-hydroxylation sites is 1. The Morgan fingerprint density at radius 2 is 2.12 bits per heavy atom. The lowest BCUT2D eigenvalue weighted by Gasteiger charge is -2.18. The van der Waals surface area contributed by atoms with Crippen molar-refractivity contribution >= 4 is 39.2 Å². The second kappa shape index (κ2) is 6.61. The van der Waals surface area contributed by atoms with Crippen molar-refractivity contribution in [1.82, 2.24) is 0 Å². The van der Waals surface area contributed by atoms with Gasteiger partial charge in [0.25, 0.3) is 5.91 Å². The third kappa shape index (κ3) is 2.90. The smallest absolute Gasteiger partial charge is 0.341 e. The van der Waals surface area contributed by atoms with Crippen LogP contribution >= 0.6 is 11.3 Å². The molecule has 1 atom stereocenters. The first kappa shape index (κ1) is 16.8. The molecular weight excluding hydrogens is 350 g/mol. The van der Waals surface area contributed by atoms with Crippen molar-refractivity contribution < 1.29 is 18.7 Å². The first-order chi connectivity index (χ1) is 12.6. The molecule has 134 valence electrons. The van der Waals surface area contributed by atoms with Gasteiger partial charge in [-0.1, -0.05) is 25.1 Å². The topological polar surface area (TPSA) is 68.5 Å². The summed E-state index contributed by atoms with van der Waals surface area (Å²) in [4.78, 5) is 26.1. The van der Waals surface area contributed by atoms with Gasteiger partial charge in [0.2, 0.25) is 0 Å². The molecule has 0 saturated carbocycles. The number of nitrogens with one attached hydrogen (secondary N) is 1. The van der Waals surface area contributed by atoms with Crippen LogP contribution in [0.15, 0.2) is 34.7 Å². The maximum absolute atomic E-state index is 12.7. The van der Waals surface area contributed by atoms with Crippen molar-refractivity contribution in [2.45, 2.75) is 26.2 Å². The lowest BCUT2D eigenvalue weighted by molar-refractivity contribution is 0.0601. The summed E-state index contributed by atoms with van der Waals surface area (Å²) in [7, 11) is 1.36. The average Bonchev–Trinajstić information content (AvgIpc) is 3.21. The molecule has 0 saturated heterocycles.